The molecule has 5 nitrogen and oxygen atoms in total. The van der Waals surface area contributed by atoms with Crippen LogP contribution in [0.2, 0.25) is 0 Å². The first-order valence-electron chi connectivity index (χ1n) is 9.88. The number of nitrogens with zero attached hydrogens (tertiary/aromatic N) is 3. The Labute approximate surface area is 166 Å². The molecule has 2 aromatic carbocycles. The maximum atomic E-state index is 12.8. The van der Waals surface area contributed by atoms with Gasteiger partial charge in [0.25, 0.3) is 0 Å². The first-order valence-corrected chi connectivity index (χ1v) is 9.88. The molecule has 0 aliphatic rings. The summed E-state index contributed by atoms with van der Waals surface area (Å²) < 4.78 is 5.39. The van der Waals surface area contributed by atoms with Crippen LogP contribution in [0.4, 0.5) is 0 Å². The highest BCUT2D eigenvalue weighted by molar-refractivity contribution is 5.76. The zero-order chi connectivity index (χ0) is 19.8. The first-order chi connectivity index (χ1) is 13.7. The number of amides is 1. The van der Waals surface area contributed by atoms with E-state index in [0.717, 1.165) is 18.4 Å². The summed E-state index contributed by atoms with van der Waals surface area (Å²) in [4.78, 5) is 19.2. The Bertz CT molecular complexity index is 862. The molecule has 0 unspecified atom stereocenters. The monoisotopic (exact) mass is 377 g/mol. The molecule has 0 N–H and O–H groups in total. The predicted octanol–water partition coefficient (Wildman–Crippen LogP) is 4.54. The summed E-state index contributed by atoms with van der Waals surface area (Å²) in [7, 11) is 0. The fourth-order valence-electron chi connectivity index (χ4n) is 3.13. The van der Waals surface area contributed by atoms with Crippen molar-refractivity contribution in [3.63, 3.8) is 0 Å². The average Bonchev–Trinajstić information content (AvgIpc) is 3.22. The molecule has 5 heteroatoms. The van der Waals surface area contributed by atoms with Crippen LogP contribution in [0.5, 0.6) is 0 Å². The van der Waals surface area contributed by atoms with Gasteiger partial charge in [-0.1, -0.05) is 72.7 Å². The third kappa shape index (κ3) is 5.28. The number of carbonyl (C=O) groups is 1. The summed E-state index contributed by atoms with van der Waals surface area (Å²) in [6.45, 7) is 4.77. The Kier molecular flexibility index (Phi) is 6.95. The average molecular weight is 377 g/mol. The van der Waals surface area contributed by atoms with Crippen LogP contribution in [0.25, 0.3) is 11.4 Å². The summed E-state index contributed by atoms with van der Waals surface area (Å²) >= 11 is 0. The molecule has 0 radical (unpaired) electrons. The molecule has 1 amide bonds. The summed E-state index contributed by atoms with van der Waals surface area (Å²) in [6.07, 6.45) is 2.73. The molecule has 0 bridgehead atoms. The minimum absolute atomic E-state index is 0.168. The second-order valence-electron chi connectivity index (χ2n) is 6.96. The van der Waals surface area contributed by atoms with Crippen LogP contribution in [0, 0.1) is 0 Å². The Morgan fingerprint density at radius 3 is 2.39 bits per heavy atom. The van der Waals surface area contributed by atoms with E-state index in [4.69, 9.17) is 4.52 Å². The lowest BCUT2D eigenvalue weighted by atomic mass is 10.1. The summed E-state index contributed by atoms with van der Waals surface area (Å²) in [5.41, 5.74) is 2.11. The molecule has 3 aromatic rings. The van der Waals surface area contributed by atoms with Gasteiger partial charge in [-0.05, 0) is 25.3 Å². The van der Waals surface area contributed by atoms with E-state index in [-0.39, 0.29) is 11.9 Å². The fraction of sp³-hybridized carbons (Fsp3) is 0.348. The fourth-order valence-corrected chi connectivity index (χ4v) is 3.13. The standard InChI is InChI=1S/C23H27N3O2/c1-3-18(2)26(22(27)15-14-19-10-6-4-7-11-19)17-16-21-24-23(25-28-21)20-12-8-5-9-13-20/h4-13,18H,3,14-17H2,1-2H3/t18-/m0/s1. The normalized spacial score (nSPS) is 11.9. The smallest absolute Gasteiger partial charge is 0.228 e. The van der Waals surface area contributed by atoms with Crippen LogP contribution in [-0.2, 0) is 17.6 Å². The quantitative estimate of drug-likeness (QED) is 0.549. The molecular weight excluding hydrogens is 350 g/mol. The van der Waals surface area contributed by atoms with Gasteiger partial charge in [0, 0.05) is 31.0 Å². The predicted molar refractivity (Wildman–Crippen MR) is 110 cm³/mol. The van der Waals surface area contributed by atoms with Gasteiger partial charge in [0.05, 0.1) is 0 Å². The molecule has 0 aliphatic carbocycles. The van der Waals surface area contributed by atoms with Crippen molar-refractivity contribution in [1.82, 2.24) is 15.0 Å². The van der Waals surface area contributed by atoms with Crippen LogP contribution in [0.3, 0.4) is 0 Å². The van der Waals surface area contributed by atoms with Gasteiger partial charge in [-0.15, -0.1) is 0 Å². The van der Waals surface area contributed by atoms with Gasteiger partial charge in [-0.25, -0.2) is 0 Å². The Hall–Kier alpha value is -2.95. The summed E-state index contributed by atoms with van der Waals surface area (Å²) in [6, 6.07) is 20.1. The molecule has 3 rings (SSSR count). The molecule has 1 aromatic heterocycles. The van der Waals surface area contributed by atoms with Crippen molar-refractivity contribution < 1.29 is 9.32 Å². The lowest BCUT2D eigenvalue weighted by molar-refractivity contribution is -0.133. The number of aromatic nitrogens is 2. The van der Waals surface area contributed by atoms with E-state index < -0.39 is 0 Å². The third-order valence-electron chi connectivity index (χ3n) is 4.98. The molecule has 0 spiro atoms. The number of carbonyl (C=O) groups excluding carboxylic acids is 1. The maximum Gasteiger partial charge on any atom is 0.228 e. The van der Waals surface area contributed by atoms with Crippen LogP contribution >= 0.6 is 0 Å². The van der Waals surface area contributed by atoms with E-state index in [0.29, 0.717) is 31.1 Å². The number of hydrogen-bond donors (Lipinski definition) is 0. The number of benzene rings is 2. The van der Waals surface area contributed by atoms with Crippen LogP contribution in [-0.4, -0.2) is 33.5 Å². The molecule has 0 aliphatic heterocycles. The number of aryl methyl sites for hydroxylation is 1. The Morgan fingerprint density at radius 2 is 1.71 bits per heavy atom. The van der Waals surface area contributed by atoms with Crippen molar-refractivity contribution in [2.45, 2.75) is 45.6 Å². The van der Waals surface area contributed by atoms with Crippen molar-refractivity contribution in [3.05, 3.63) is 72.1 Å². The summed E-state index contributed by atoms with van der Waals surface area (Å²) in [5, 5.41) is 4.06. The van der Waals surface area contributed by atoms with Crippen molar-refractivity contribution in [1.29, 1.82) is 0 Å². The molecular formula is C23H27N3O2. The highest BCUT2D eigenvalue weighted by Gasteiger charge is 2.20. The van der Waals surface area contributed by atoms with Crippen molar-refractivity contribution >= 4 is 5.91 Å². The van der Waals surface area contributed by atoms with Crippen molar-refractivity contribution in [2.24, 2.45) is 0 Å². The van der Waals surface area contributed by atoms with E-state index in [1.165, 1.54) is 5.56 Å². The third-order valence-corrected chi connectivity index (χ3v) is 4.98. The van der Waals surface area contributed by atoms with E-state index >= 15 is 0 Å². The second kappa shape index (κ2) is 9.83. The molecule has 28 heavy (non-hydrogen) atoms. The van der Waals surface area contributed by atoms with Crippen LogP contribution in [0.1, 0.15) is 38.1 Å². The zero-order valence-electron chi connectivity index (χ0n) is 16.5. The van der Waals surface area contributed by atoms with Gasteiger partial charge < -0.3 is 9.42 Å². The second-order valence-corrected chi connectivity index (χ2v) is 6.96. The lowest BCUT2D eigenvalue weighted by Gasteiger charge is -2.28. The minimum atomic E-state index is 0.168. The molecule has 1 heterocycles. The van der Waals surface area contributed by atoms with Gasteiger partial charge in [0.1, 0.15) is 0 Å². The first kappa shape index (κ1) is 19.8. The molecule has 1 atom stereocenters. The molecule has 0 saturated heterocycles. The molecule has 0 saturated carbocycles. The maximum absolute atomic E-state index is 12.8. The topological polar surface area (TPSA) is 59.2 Å². The van der Waals surface area contributed by atoms with Crippen molar-refractivity contribution in [3.8, 4) is 11.4 Å². The molecule has 146 valence electrons. The van der Waals surface area contributed by atoms with Crippen LogP contribution < -0.4 is 0 Å². The van der Waals surface area contributed by atoms with E-state index in [1.54, 1.807) is 0 Å². The van der Waals surface area contributed by atoms with E-state index in [9.17, 15) is 4.79 Å². The highest BCUT2D eigenvalue weighted by atomic mass is 16.5. The SMILES string of the molecule is CC[C@H](C)N(CCc1nc(-c2ccccc2)no1)C(=O)CCc1ccccc1. The van der Waals surface area contributed by atoms with Gasteiger partial charge >= 0.3 is 0 Å². The van der Waals surface area contributed by atoms with Gasteiger partial charge in [-0.3, -0.25) is 4.79 Å². The van der Waals surface area contributed by atoms with E-state index in [1.807, 2.05) is 53.4 Å². The Balaban J connectivity index is 1.59. The highest BCUT2D eigenvalue weighted by Crippen LogP contribution is 2.16. The molecule has 0 fully saturated rings. The van der Waals surface area contributed by atoms with Gasteiger partial charge in [-0.2, -0.15) is 4.98 Å². The zero-order valence-corrected chi connectivity index (χ0v) is 16.5. The Morgan fingerprint density at radius 1 is 1.04 bits per heavy atom. The number of hydrogen-bond acceptors (Lipinski definition) is 4. The van der Waals surface area contributed by atoms with Crippen molar-refractivity contribution in [2.75, 3.05) is 6.54 Å². The summed E-state index contributed by atoms with van der Waals surface area (Å²) in [5.74, 6) is 1.31. The van der Waals surface area contributed by atoms with Gasteiger partial charge in [0.2, 0.25) is 17.6 Å². The number of rotatable bonds is 9. The minimum Gasteiger partial charge on any atom is -0.339 e. The lowest BCUT2D eigenvalue weighted by Crippen LogP contribution is -2.40. The van der Waals surface area contributed by atoms with Crippen LogP contribution in [0.15, 0.2) is 65.2 Å². The largest absolute Gasteiger partial charge is 0.339 e. The van der Waals surface area contributed by atoms with Gasteiger partial charge in [0.15, 0.2) is 0 Å². The van der Waals surface area contributed by atoms with E-state index in [2.05, 4.69) is 36.1 Å².